The third-order valence-electron chi connectivity index (χ3n) is 4.15. The van der Waals surface area contributed by atoms with Gasteiger partial charge in [-0.15, -0.1) is 0 Å². The molecule has 18 heavy (non-hydrogen) atoms. The molecule has 3 heteroatoms. The number of aryl methyl sites for hydroxylation is 1. The summed E-state index contributed by atoms with van der Waals surface area (Å²) in [5, 5.41) is 2.98. The Labute approximate surface area is 108 Å². The van der Waals surface area contributed by atoms with E-state index in [1.54, 1.807) is 13.0 Å². The molecule has 98 valence electrons. The normalized spacial score (nSPS) is 16.7. The van der Waals surface area contributed by atoms with E-state index in [1.807, 2.05) is 0 Å². The minimum Gasteiger partial charge on any atom is -0.351 e. The first kappa shape index (κ1) is 13.1. The first-order valence-corrected chi connectivity index (χ1v) is 6.49. The smallest absolute Gasteiger partial charge is 0.251 e. The Hall–Kier alpha value is -1.38. The van der Waals surface area contributed by atoms with E-state index in [9.17, 15) is 9.18 Å². The van der Waals surface area contributed by atoms with Crippen molar-refractivity contribution in [1.82, 2.24) is 5.32 Å². The molecule has 1 fully saturated rings. The summed E-state index contributed by atoms with van der Waals surface area (Å²) in [5.41, 5.74) is 1.54. The van der Waals surface area contributed by atoms with Crippen molar-refractivity contribution in [2.75, 3.05) is 6.54 Å². The lowest BCUT2D eigenvalue weighted by molar-refractivity contribution is 0.0939. The maximum Gasteiger partial charge on any atom is 0.251 e. The maximum absolute atomic E-state index is 13.0. The largest absolute Gasteiger partial charge is 0.351 e. The molecule has 0 heterocycles. The minimum atomic E-state index is -0.301. The average molecular weight is 249 g/mol. The van der Waals surface area contributed by atoms with E-state index in [1.165, 1.54) is 25.0 Å². The number of benzene rings is 1. The molecule has 2 rings (SSSR count). The third kappa shape index (κ3) is 2.55. The van der Waals surface area contributed by atoms with Crippen molar-refractivity contribution in [3.8, 4) is 0 Å². The van der Waals surface area contributed by atoms with Gasteiger partial charge in [-0.1, -0.05) is 13.8 Å². The van der Waals surface area contributed by atoms with Gasteiger partial charge in [0.2, 0.25) is 0 Å². The van der Waals surface area contributed by atoms with Crippen LogP contribution in [0.25, 0.3) is 0 Å². The summed E-state index contributed by atoms with van der Waals surface area (Å²) in [6.07, 6.45) is 2.38. The zero-order valence-electron chi connectivity index (χ0n) is 11.2. The zero-order valence-corrected chi connectivity index (χ0v) is 11.2. The lowest BCUT2D eigenvalue weighted by atomic mass is 9.92. The van der Waals surface area contributed by atoms with Crippen LogP contribution in [0.1, 0.15) is 42.6 Å². The summed E-state index contributed by atoms with van der Waals surface area (Å²) in [4.78, 5) is 12.0. The van der Waals surface area contributed by atoms with Gasteiger partial charge in [0.25, 0.3) is 5.91 Å². The van der Waals surface area contributed by atoms with Gasteiger partial charge in [0.1, 0.15) is 5.82 Å². The van der Waals surface area contributed by atoms with Crippen LogP contribution in [0.2, 0.25) is 0 Å². The molecule has 0 saturated heterocycles. The van der Waals surface area contributed by atoms with Gasteiger partial charge in [0.05, 0.1) is 0 Å². The molecular formula is C15H20FNO. The fourth-order valence-electron chi connectivity index (χ4n) is 2.35. The van der Waals surface area contributed by atoms with Crippen LogP contribution in [0.3, 0.4) is 0 Å². The Balaban J connectivity index is 2.00. The van der Waals surface area contributed by atoms with Crippen LogP contribution in [0.15, 0.2) is 18.2 Å². The molecule has 0 bridgehead atoms. The quantitative estimate of drug-likeness (QED) is 0.871. The number of hydrogen-bond donors (Lipinski definition) is 1. The highest BCUT2D eigenvalue weighted by atomic mass is 19.1. The lowest BCUT2D eigenvalue weighted by Crippen LogP contribution is -2.32. The molecule has 2 nitrogen and oxygen atoms in total. The van der Waals surface area contributed by atoms with Gasteiger partial charge < -0.3 is 5.32 Å². The number of carbonyl (C=O) groups excluding carboxylic acids is 1. The van der Waals surface area contributed by atoms with Crippen LogP contribution in [0.4, 0.5) is 4.39 Å². The number of nitrogens with one attached hydrogen (secondary N) is 1. The molecule has 0 unspecified atom stereocenters. The van der Waals surface area contributed by atoms with E-state index in [0.29, 0.717) is 22.5 Å². The van der Waals surface area contributed by atoms with E-state index < -0.39 is 0 Å². The lowest BCUT2D eigenvalue weighted by Gasteiger charge is -2.20. The molecule has 1 aromatic carbocycles. The minimum absolute atomic E-state index is 0.0978. The van der Waals surface area contributed by atoms with Gasteiger partial charge in [-0.25, -0.2) is 4.39 Å². The number of amides is 1. The van der Waals surface area contributed by atoms with E-state index in [-0.39, 0.29) is 11.7 Å². The molecular weight excluding hydrogens is 229 g/mol. The Kier molecular flexibility index (Phi) is 3.42. The van der Waals surface area contributed by atoms with Crippen LogP contribution in [-0.2, 0) is 0 Å². The Bertz CT molecular complexity index is 464. The monoisotopic (exact) mass is 249 g/mol. The predicted octanol–water partition coefficient (Wildman–Crippen LogP) is 3.30. The van der Waals surface area contributed by atoms with Crippen molar-refractivity contribution in [1.29, 1.82) is 0 Å². The first-order chi connectivity index (χ1) is 8.44. The highest BCUT2D eigenvalue weighted by Gasteiger charge is 2.45. The number of hydrogen-bond acceptors (Lipinski definition) is 1. The fraction of sp³-hybridized carbons (Fsp3) is 0.533. The van der Waals surface area contributed by atoms with Gasteiger partial charge in [-0.3, -0.25) is 4.79 Å². The topological polar surface area (TPSA) is 29.1 Å². The summed E-state index contributed by atoms with van der Waals surface area (Å²) < 4.78 is 13.0. The van der Waals surface area contributed by atoms with Gasteiger partial charge in [-0.2, -0.15) is 0 Å². The van der Waals surface area contributed by atoms with Crippen molar-refractivity contribution >= 4 is 5.91 Å². The first-order valence-electron chi connectivity index (χ1n) is 6.49. The molecule has 1 aromatic rings. The summed E-state index contributed by atoms with van der Waals surface area (Å²) in [5.74, 6) is 0.191. The Morgan fingerprint density at radius 1 is 1.44 bits per heavy atom. The number of rotatable bonds is 4. The Morgan fingerprint density at radius 3 is 2.61 bits per heavy atom. The van der Waals surface area contributed by atoms with Crippen LogP contribution in [-0.4, -0.2) is 12.5 Å². The van der Waals surface area contributed by atoms with Crippen molar-refractivity contribution in [2.45, 2.75) is 33.6 Å². The molecule has 1 saturated carbocycles. The predicted molar refractivity (Wildman–Crippen MR) is 70.0 cm³/mol. The van der Waals surface area contributed by atoms with Gasteiger partial charge >= 0.3 is 0 Å². The van der Waals surface area contributed by atoms with Crippen LogP contribution >= 0.6 is 0 Å². The molecule has 1 N–H and O–H groups in total. The second-order valence-electron chi connectivity index (χ2n) is 5.66. The molecule has 0 aromatic heterocycles. The van der Waals surface area contributed by atoms with Crippen molar-refractivity contribution in [2.24, 2.45) is 11.3 Å². The van der Waals surface area contributed by atoms with E-state index >= 15 is 0 Å². The van der Waals surface area contributed by atoms with Crippen LogP contribution < -0.4 is 5.32 Å². The molecule has 1 aliphatic rings. The third-order valence-corrected chi connectivity index (χ3v) is 4.15. The van der Waals surface area contributed by atoms with Crippen molar-refractivity contribution in [3.05, 3.63) is 35.1 Å². The molecule has 0 spiro atoms. The SMILES string of the molecule is Cc1cc(F)ccc1C(=O)NCC1(C(C)C)CC1. The van der Waals surface area contributed by atoms with Crippen LogP contribution in [0.5, 0.6) is 0 Å². The fourth-order valence-corrected chi connectivity index (χ4v) is 2.35. The average Bonchev–Trinajstić information content (AvgIpc) is 3.07. The summed E-state index contributed by atoms with van der Waals surface area (Å²) in [6.45, 7) is 6.87. The van der Waals surface area contributed by atoms with Crippen molar-refractivity contribution in [3.63, 3.8) is 0 Å². The van der Waals surface area contributed by atoms with Gasteiger partial charge in [0.15, 0.2) is 0 Å². The molecule has 0 aliphatic heterocycles. The molecule has 0 radical (unpaired) electrons. The Morgan fingerprint density at radius 2 is 2.11 bits per heavy atom. The van der Waals surface area contributed by atoms with E-state index in [2.05, 4.69) is 19.2 Å². The summed E-state index contributed by atoms with van der Waals surface area (Å²) in [7, 11) is 0. The summed E-state index contributed by atoms with van der Waals surface area (Å²) >= 11 is 0. The standard InChI is InChI=1S/C15H20FNO/c1-10(2)15(6-7-15)9-17-14(18)13-5-4-12(16)8-11(13)3/h4-5,8,10H,6-7,9H2,1-3H3,(H,17,18). The van der Waals surface area contributed by atoms with E-state index in [0.717, 1.165) is 6.54 Å². The second-order valence-corrected chi connectivity index (χ2v) is 5.66. The van der Waals surface area contributed by atoms with Crippen molar-refractivity contribution < 1.29 is 9.18 Å². The van der Waals surface area contributed by atoms with E-state index in [4.69, 9.17) is 0 Å². The maximum atomic E-state index is 13.0. The number of carbonyl (C=O) groups is 1. The van der Waals surface area contributed by atoms with Gasteiger partial charge in [0, 0.05) is 12.1 Å². The molecule has 1 aliphatic carbocycles. The second kappa shape index (κ2) is 4.71. The summed E-state index contributed by atoms with van der Waals surface area (Å²) in [6, 6.07) is 4.27. The highest BCUT2D eigenvalue weighted by molar-refractivity contribution is 5.95. The molecule has 0 atom stereocenters. The van der Waals surface area contributed by atoms with Crippen LogP contribution in [0, 0.1) is 24.1 Å². The number of halogens is 1. The molecule has 1 amide bonds. The van der Waals surface area contributed by atoms with Gasteiger partial charge in [-0.05, 0) is 54.9 Å². The zero-order chi connectivity index (χ0) is 13.3. The highest BCUT2D eigenvalue weighted by Crippen LogP contribution is 2.51.